The van der Waals surface area contributed by atoms with Crippen LogP contribution in [-0.2, 0) is 19.7 Å². The highest BCUT2D eigenvalue weighted by atomic mass is 19.4. The molecule has 2 aliphatic carbocycles. The molecule has 284 valence electrons. The Morgan fingerprint density at radius 1 is 1.04 bits per heavy atom. The van der Waals surface area contributed by atoms with Crippen LogP contribution in [0, 0.1) is 0 Å². The molecule has 1 aliphatic heterocycles. The van der Waals surface area contributed by atoms with E-state index in [2.05, 4.69) is 35.3 Å². The van der Waals surface area contributed by atoms with Crippen molar-refractivity contribution < 1.29 is 27.5 Å². The Kier molecular flexibility index (Phi) is 18.4. The number of unbranched alkanes of at least 4 members (excludes halogenated alkanes) is 1. The molecule has 2 N–H and O–H groups in total. The van der Waals surface area contributed by atoms with E-state index in [1.165, 1.54) is 0 Å². The number of rotatable bonds is 13. The predicted octanol–water partition coefficient (Wildman–Crippen LogP) is 9.81. The molecule has 0 saturated carbocycles. The third-order valence-electron chi connectivity index (χ3n) is 9.21. The molecule has 0 bridgehead atoms. The lowest BCUT2D eigenvalue weighted by Crippen LogP contribution is -2.47. The van der Waals surface area contributed by atoms with E-state index in [1.807, 2.05) is 83.2 Å². The molecule has 52 heavy (non-hydrogen) atoms. The van der Waals surface area contributed by atoms with Crippen LogP contribution >= 0.6 is 0 Å². The van der Waals surface area contributed by atoms with Crippen LogP contribution in [0.3, 0.4) is 0 Å². The van der Waals surface area contributed by atoms with Crippen LogP contribution in [0.25, 0.3) is 5.57 Å². The molecule has 2 amide bonds. The molecule has 1 saturated heterocycles. The lowest BCUT2D eigenvalue weighted by Gasteiger charge is -2.34. The zero-order valence-corrected chi connectivity index (χ0v) is 31.7. The lowest BCUT2D eigenvalue weighted by atomic mass is 9.71. The van der Waals surface area contributed by atoms with Crippen molar-refractivity contribution in [2.45, 2.75) is 97.2 Å². The van der Waals surface area contributed by atoms with Gasteiger partial charge in [0.05, 0.1) is 11.2 Å². The Bertz CT molecular complexity index is 1540. The summed E-state index contributed by atoms with van der Waals surface area (Å²) in [6.07, 6.45) is 15.5. The summed E-state index contributed by atoms with van der Waals surface area (Å²) in [4.78, 5) is 29.1. The van der Waals surface area contributed by atoms with Crippen molar-refractivity contribution in [3.8, 4) is 0 Å². The fraction of sp³-hybridized carbons (Fsp3) is 0.442. The standard InChI is InChI=1S/C38H48F3N3O3.C3H6.C2H4/c1-5-13-29(19-18-28(4)47-27(3)6-2)35(45)43-30-20-24-44(25-21-30)23-12-11-22-37(36(46)42-26-38(39,40)41)33-16-9-7-14-31(33)32-15-8-10-17-34(32)37;1-3-2;1-2/h5-7,9-10,13-14,16-19,30H,8,11-12,15,20-26H2,1-4H3,(H,42,46)(H,43,45);3H,1H2,2H3;1-2H2/b13-5-,27-6+,28-18+,29-19+;;. The first-order valence-corrected chi connectivity index (χ1v) is 18.2. The maximum atomic E-state index is 13.7. The summed E-state index contributed by atoms with van der Waals surface area (Å²) in [7, 11) is 0. The summed E-state index contributed by atoms with van der Waals surface area (Å²) in [6, 6.07) is 7.75. The Morgan fingerprint density at radius 2 is 1.71 bits per heavy atom. The van der Waals surface area contributed by atoms with Gasteiger partial charge in [-0.1, -0.05) is 61.1 Å². The molecular weight excluding hydrogens is 663 g/mol. The van der Waals surface area contributed by atoms with Crippen LogP contribution in [0.4, 0.5) is 13.2 Å². The summed E-state index contributed by atoms with van der Waals surface area (Å²) in [5.41, 5.74) is 3.14. The van der Waals surface area contributed by atoms with Crippen LogP contribution in [0.2, 0.25) is 0 Å². The average Bonchev–Trinajstić information content (AvgIpc) is 3.42. The minimum atomic E-state index is -4.49. The number of piperidine rings is 1. The second-order valence-corrected chi connectivity index (χ2v) is 12.9. The molecule has 4 rings (SSSR count). The summed E-state index contributed by atoms with van der Waals surface area (Å²) >= 11 is 0. The number of halogens is 3. The molecule has 0 aromatic heterocycles. The fourth-order valence-corrected chi connectivity index (χ4v) is 6.80. The largest absolute Gasteiger partial charge is 0.467 e. The average molecular weight is 722 g/mol. The van der Waals surface area contributed by atoms with Crippen LogP contribution in [0.1, 0.15) is 90.7 Å². The summed E-state index contributed by atoms with van der Waals surface area (Å²) in [5.74, 6) is 0.789. The first kappa shape index (κ1) is 43.8. The van der Waals surface area contributed by atoms with E-state index in [0.717, 1.165) is 79.8 Å². The highest BCUT2D eigenvalue weighted by Crippen LogP contribution is 2.52. The number of ether oxygens (including phenoxy) is 1. The number of hydrogen-bond donors (Lipinski definition) is 2. The fourth-order valence-electron chi connectivity index (χ4n) is 6.80. The van der Waals surface area contributed by atoms with Crippen molar-refractivity contribution >= 4 is 17.4 Å². The van der Waals surface area contributed by atoms with Gasteiger partial charge in [-0.25, -0.2) is 0 Å². The maximum absolute atomic E-state index is 13.7. The normalized spacial score (nSPS) is 19.5. The maximum Gasteiger partial charge on any atom is 0.405 e. The van der Waals surface area contributed by atoms with Crippen molar-refractivity contribution in [2.75, 3.05) is 26.2 Å². The van der Waals surface area contributed by atoms with Crippen molar-refractivity contribution in [2.24, 2.45) is 0 Å². The number of nitrogens with zero attached hydrogens (tertiary/aromatic N) is 1. The number of amides is 2. The molecule has 1 unspecified atom stereocenters. The van der Waals surface area contributed by atoms with Gasteiger partial charge in [0.25, 0.3) is 5.91 Å². The first-order valence-electron chi connectivity index (χ1n) is 18.2. The van der Waals surface area contributed by atoms with Crippen LogP contribution in [-0.4, -0.2) is 55.1 Å². The molecule has 1 aromatic carbocycles. The summed E-state index contributed by atoms with van der Waals surface area (Å²) < 4.78 is 45.2. The third kappa shape index (κ3) is 12.4. The van der Waals surface area contributed by atoms with E-state index in [1.54, 1.807) is 24.3 Å². The lowest BCUT2D eigenvalue weighted by molar-refractivity contribution is -0.141. The molecule has 1 atom stereocenters. The van der Waals surface area contributed by atoms with E-state index >= 15 is 0 Å². The molecule has 9 heteroatoms. The third-order valence-corrected chi connectivity index (χ3v) is 9.21. The van der Waals surface area contributed by atoms with Gasteiger partial charge in [-0.05, 0) is 120 Å². The monoisotopic (exact) mass is 721 g/mol. The van der Waals surface area contributed by atoms with Crippen LogP contribution in [0.5, 0.6) is 0 Å². The molecule has 0 spiro atoms. The second kappa shape index (κ2) is 21.9. The number of carbonyl (C=O) groups is 2. The van der Waals surface area contributed by atoms with Crippen molar-refractivity contribution in [3.05, 3.63) is 126 Å². The van der Waals surface area contributed by atoms with Gasteiger partial charge in [0, 0.05) is 24.7 Å². The Hall–Kier alpha value is -4.37. The van der Waals surface area contributed by atoms with Crippen LogP contribution < -0.4 is 10.6 Å². The smallest absolute Gasteiger partial charge is 0.405 e. The number of nitrogens with one attached hydrogen (secondary N) is 2. The number of benzene rings is 1. The summed E-state index contributed by atoms with van der Waals surface area (Å²) in [5, 5.41) is 5.41. The minimum Gasteiger partial charge on any atom is -0.467 e. The zero-order valence-electron chi connectivity index (χ0n) is 31.7. The van der Waals surface area contributed by atoms with Crippen molar-refractivity contribution in [1.29, 1.82) is 0 Å². The van der Waals surface area contributed by atoms with Gasteiger partial charge in [0.1, 0.15) is 12.3 Å². The zero-order chi connectivity index (χ0) is 38.7. The molecular formula is C43H58F3N3O3. The Labute approximate surface area is 309 Å². The van der Waals surface area contributed by atoms with E-state index in [4.69, 9.17) is 4.74 Å². The second-order valence-electron chi connectivity index (χ2n) is 12.9. The van der Waals surface area contributed by atoms with Crippen molar-refractivity contribution in [3.63, 3.8) is 0 Å². The number of fused-ring (bicyclic) bond motifs is 2. The molecule has 6 nitrogen and oxygen atoms in total. The molecule has 3 aliphatic rings. The van der Waals surface area contributed by atoms with E-state index in [9.17, 15) is 22.8 Å². The van der Waals surface area contributed by atoms with Crippen molar-refractivity contribution in [1.82, 2.24) is 15.5 Å². The van der Waals surface area contributed by atoms with Gasteiger partial charge >= 0.3 is 6.18 Å². The predicted molar refractivity (Wildman–Crippen MR) is 208 cm³/mol. The van der Waals surface area contributed by atoms with Gasteiger partial charge in [-0.2, -0.15) is 13.2 Å². The number of allylic oxidation sites excluding steroid dienone is 10. The van der Waals surface area contributed by atoms with Crippen LogP contribution in [0.15, 0.2) is 115 Å². The van der Waals surface area contributed by atoms with Gasteiger partial charge < -0.3 is 20.3 Å². The molecule has 0 radical (unpaired) electrons. The SMILES string of the molecule is C=C.C=CC.C\C=C/C(=C\C=C(/C)O/C(C)=C/C)C(=O)NC1CCN(CCCCC2(C(=O)NCC(F)(F)F)C3=C(CCC=C3)c3ccccc32)CC1. The first-order chi connectivity index (χ1) is 24.9. The molecule has 1 fully saturated rings. The molecule has 1 heterocycles. The van der Waals surface area contributed by atoms with Gasteiger partial charge in [0.2, 0.25) is 5.91 Å². The Morgan fingerprint density at radius 3 is 2.35 bits per heavy atom. The molecule has 1 aromatic rings. The number of carbonyl (C=O) groups excluding carboxylic acids is 2. The summed E-state index contributed by atoms with van der Waals surface area (Å²) in [6.45, 7) is 19.9. The van der Waals surface area contributed by atoms with E-state index in [-0.39, 0.29) is 11.9 Å². The van der Waals surface area contributed by atoms with E-state index < -0.39 is 24.0 Å². The topological polar surface area (TPSA) is 70.7 Å². The number of likely N-dealkylation sites (tertiary alicyclic amines) is 1. The van der Waals surface area contributed by atoms with E-state index in [0.29, 0.717) is 24.2 Å². The van der Waals surface area contributed by atoms with Gasteiger partial charge in [-0.15, -0.1) is 19.7 Å². The van der Waals surface area contributed by atoms with Gasteiger partial charge in [-0.3, -0.25) is 9.59 Å². The highest BCUT2D eigenvalue weighted by Gasteiger charge is 2.50. The number of alkyl halides is 3. The quantitative estimate of drug-likeness (QED) is 0.0700. The minimum absolute atomic E-state index is 0.0676. The van der Waals surface area contributed by atoms with Gasteiger partial charge in [0.15, 0.2) is 0 Å². The number of hydrogen-bond acceptors (Lipinski definition) is 4. The Balaban J connectivity index is 0.00000178. The highest BCUT2D eigenvalue weighted by molar-refractivity contribution is 6.01.